The first-order valence-corrected chi connectivity index (χ1v) is 7.35. The van der Waals surface area contributed by atoms with Crippen molar-refractivity contribution in [1.29, 1.82) is 0 Å². The Balaban J connectivity index is 1.70. The molecule has 1 N–H and O–H groups in total. The van der Waals surface area contributed by atoms with Crippen molar-refractivity contribution in [1.82, 2.24) is 4.98 Å². The first-order chi connectivity index (χ1) is 10.7. The molecule has 114 valence electrons. The fourth-order valence-corrected chi connectivity index (χ4v) is 2.70. The van der Waals surface area contributed by atoms with Gasteiger partial charge in [0, 0.05) is 18.3 Å². The Morgan fingerprint density at radius 3 is 2.86 bits per heavy atom. The standard InChI is InChI=1S/C17H19N3O2/c1-12(19-14-7-8-16(22-2)18-11-14)17(21)20-10-9-13-5-3-4-6-15(13)20/h3-8,11-12,19H,9-10H2,1-2H3. The number of methoxy groups -OCH3 is 1. The maximum Gasteiger partial charge on any atom is 0.249 e. The van der Waals surface area contributed by atoms with Crippen LogP contribution in [0.3, 0.4) is 0 Å². The van der Waals surface area contributed by atoms with E-state index in [1.807, 2.05) is 36.1 Å². The molecule has 2 heterocycles. The normalized spacial score (nSPS) is 14.4. The lowest BCUT2D eigenvalue weighted by atomic mass is 10.2. The van der Waals surface area contributed by atoms with E-state index in [1.165, 1.54) is 5.56 Å². The van der Waals surface area contributed by atoms with Crippen LogP contribution in [0.5, 0.6) is 5.88 Å². The molecule has 0 bridgehead atoms. The quantitative estimate of drug-likeness (QED) is 0.942. The summed E-state index contributed by atoms with van der Waals surface area (Å²) in [6.45, 7) is 2.61. The van der Waals surface area contributed by atoms with E-state index in [1.54, 1.807) is 19.4 Å². The molecule has 1 aromatic heterocycles. The minimum Gasteiger partial charge on any atom is -0.481 e. The van der Waals surface area contributed by atoms with Crippen molar-refractivity contribution >= 4 is 17.3 Å². The highest BCUT2D eigenvalue weighted by atomic mass is 16.5. The molecule has 1 aromatic carbocycles. The molecule has 0 aliphatic carbocycles. The molecule has 5 heteroatoms. The number of nitrogens with zero attached hydrogens (tertiary/aromatic N) is 2. The Hall–Kier alpha value is -2.56. The predicted molar refractivity (Wildman–Crippen MR) is 86.4 cm³/mol. The first-order valence-electron chi connectivity index (χ1n) is 7.35. The summed E-state index contributed by atoms with van der Waals surface area (Å²) >= 11 is 0. The van der Waals surface area contributed by atoms with Crippen LogP contribution in [0.15, 0.2) is 42.6 Å². The Morgan fingerprint density at radius 1 is 1.32 bits per heavy atom. The van der Waals surface area contributed by atoms with Gasteiger partial charge in [0.25, 0.3) is 0 Å². The van der Waals surface area contributed by atoms with Gasteiger partial charge in [-0.1, -0.05) is 18.2 Å². The Labute approximate surface area is 129 Å². The lowest BCUT2D eigenvalue weighted by molar-refractivity contribution is -0.118. The van der Waals surface area contributed by atoms with Crippen LogP contribution in [-0.2, 0) is 11.2 Å². The van der Waals surface area contributed by atoms with Gasteiger partial charge >= 0.3 is 0 Å². The zero-order valence-corrected chi connectivity index (χ0v) is 12.7. The molecule has 1 unspecified atom stereocenters. The number of rotatable bonds is 4. The molecule has 0 saturated heterocycles. The summed E-state index contributed by atoms with van der Waals surface area (Å²) in [5, 5.41) is 3.19. The van der Waals surface area contributed by atoms with E-state index in [9.17, 15) is 4.79 Å². The van der Waals surface area contributed by atoms with Crippen molar-refractivity contribution in [2.75, 3.05) is 23.9 Å². The summed E-state index contributed by atoms with van der Waals surface area (Å²) in [6, 6.07) is 11.4. The minimum atomic E-state index is -0.318. The molecule has 5 nitrogen and oxygen atoms in total. The maximum absolute atomic E-state index is 12.7. The van der Waals surface area contributed by atoms with E-state index in [0.717, 1.165) is 24.3 Å². The second-order valence-corrected chi connectivity index (χ2v) is 5.32. The molecule has 0 saturated carbocycles. The molecule has 0 spiro atoms. The predicted octanol–water partition coefficient (Wildman–Crippen LogP) is 2.48. The second-order valence-electron chi connectivity index (χ2n) is 5.32. The molecule has 1 aliphatic rings. The second kappa shape index (κ2) is 6.05. The van der Waals surface area contributed by atoms with Gasteiger partial charge in [0.2, 0.25) is 11.8 Å². The van der Waals surface area contributed by atoms with Crippen LogP contribution in [0.4, 0.5) is 11.4 Å². The van der Waals surface area contributed by atoms with Gasteiger partial charge in [0.1, 0.15) is 6.04 Å². The van der Waals surface area contributed by atoms with Gasteiger partial charge < -0.3 is 15.0 Å². The Bertz CT molecular complexity index is 670. The van der Waals surface area contributed by atoms with Crippen molar-refractivity contribution in [3.05, 3.63) is 48.2 Å². The molecule has 0 radical (unpaired) electrons. The fourth-order valence-electron chi connectivity index (χ4n) is 2.70. The van der Waals surface area contributed by atoms with E-state index in [2.05, 4.69) is 16.4 Å². The number of fused-ring (bicyclic) bond motifs is 1. The van der Waals surface area contributed by atoms with E-state index >= 15 is 0 Å². The van der Waals surface area contributed by atoms with Crippen molar-refractivity contribution in [3.63, 3.8) is 0 Å². The molecule has 1 aliphatic heterocycles. The Morgan fingerprint density at radius 2 is 2.14 bits per heavy atom. The number of anilines is 2. The third-order valence-corrected chi connectivity index (χ3v) is 3.85. The molecular weight excluding hydrogens is 278 g/mol. The van der Waals surface area contributed by atoms with Gasteiger partial charge in [-0.3, -0.25) is 4.79 Å². The minimum absolute atomic E-state index is 0.0702. The number of ether oxygens (including phenoxy) is 1. The smallest absolute Gasteiger partial charge is 0.249 e. The van der Waals surface area contributed by atoms with Gasteiger partial charge in [-0.15, -0.1) is 0 Å². The van der Waals surface area contributed by atoms with Gasteiger partial charge in [-0.05, 0) is 31.0 Å². The van der Waals surface area contributed by atoms with Crippen molar-refractivity contribution in [3.8, 4) is 5.88 Å². The third-order valence-electron chi connectivity index (χ3n) is 3.85. The van der Waals surface area contributed by atoms with Crippen LogP contribution in [-0.4, -0.2) is 30.6 Å². The number of aromatic nitrogens is 1. The van der Waals surface area contributed by atoms with E-state index in [0.29, 0.717) is 5.88 Å². The average Bonchev–Trinajstić information content (AvgIpc) is 2.99. The number of carbonyl (C=O) groups excluding carboxylic acids is 1. The monoisotopic (exact) mass is 297 g/mol. The van der Waals surface area contributed by atoms with E-state index < -0.39 is 0 Å². The number of para-hydroxylation sites is 1. The van der Waals surface area contributed by atoms with Crippen molar-refractivity contribution < 1.29 is 9.53 Å². The molecule has 0 fully saturated rings. The molecule has 2 aromatic rings. The lowest BCUT2D eigenvalue weighted by Gasteiger charge is -2.23. The zero-order chi connectivity index (χ0) is 15.5. The lowest BCUT2D eigenvalue weighted by Crippen LogP contribution is -2.40. The van der Waals surface area contributed by atoms with Crippen molar-refractivity contribution in [2.24, 2.45) is 0 Å². The largest absolute Gasteiger partial charge is 0.481 e. The summed E-state index contributed by atoms with van der Waals surface area (Å²) in [6.07, 6.45) is 2.58. The van der Waals surface area contributed by atoms with E-state index in [4.69, 9.17) is 4.74 Å². The topological polar surface area (TPSA) is 54.5 Å². The van der Waals surface area contributed by atoms with Gasteiger partial charge in [-0.2, -0.15) is 0 Å². The first kappa shape index (κ1) is 14.4. The van der Waals surface area contributed by atoms with Gasteiger partial charge in [0.05, 0.1) is 19.0 Å². The highest BCUT2D eigenvalue weighted by molar-refractivity contribution is 6.00. The third kappa shape index (κ3) is 2.74. The van der Waals surface area contributed by atoms with Crippen LogP contribution in [0, 0.1) is 0 Å². The molecule has 1 amide bonds. The number of hydrogen-bond acceptors (Lipinski definition) is 4. The highest BCUT2D eigenvalue weighted by Crippen LogP contribution is 2.28. The maximum atomic E-state index is 12.7. The summed E-state index contributed by atoms with van der Waals surface area (Å²) < 4.78 is 5.03. The number of amides is 1. The van der Waals surface area contributed by atoms with Crippen molar-refractivity contribution in [2.45, 2.75) is 19.4 Å². The van der Waals surface area contributed by atoms with E-state index in [-0.39, 0.29) is 11.9 Å². The number of hydrogen-bond donors (Lipinski definition) is 1. The Kier molecular flexibility index (Phi) is 3.96. The summed E-state index contributed by atoms with van der Waals surface area (Å²) in [4.78, 5) is 18.6. The van der Waals surface area contributed by atoms with Gasteiger partial charge in [0.15, 0.2) is 0 Å². The molecular formula is C17H19N3O2. The summed E-state index contributed by atoms with van der Waals surface area (Å²) in [7, 11) is 1.58. The van der Waals surface area contributed by atoms with Crippen LogP contribution in [0.25, 0.3) is 0 Å². The highest BCUT2D eigenvalue weighted by Gasteiger charge is 2.27. The summed E-state index contributed by atoms with van der Waals surface area (Å²) in [5.74, 6) is 0.624. The molecule has 1 atom stereocenters. The number of nitrogens with one attached hydrogen (secondary N) is 1. The van der Waals surface area contributed by atoms with Crippen LogP contribution in [0.1, 0.15) is 12.5 Å². The number of benzene rings is 1. The van der Waals surface area contributed by atoms with Gasteiger partial charge in [-0.25, -0.2) is 4.98 Å². The SMILES string of the molecule is COc1ccc(NC(C)C(=O)N2CCc3ccccc32)cn1. The fraction of sp³-hybridized carbons (Fsp3) is 0.294. The van der Waals surface area contributed by atoms with Crippen LogP contribution < -0.4 is 15.0 Å². The van der Waals surface area contributed by atoms with Crippen LogP contribution in [0.2, 0.25) is 0 Å². The molecule has 22 heavy (non-hydrogen) atoms. The molecule has 3 rings (SSSR count). The average molecular weight is 297 g/mol. The van der Waals surface area contributed by atoms with Crippen LogP contribution >= 0.6 is 0 Å². The summed E-state index contributed by atoms with van der Waals surface area (Å²) in [5.41, 5.74) is 3.05. The number of pyridine rings is 1. The number of carbonyl (C=O) groups is 1. The zero-order valence-electron chi connectivity index (χ0n) is 12.7.